The summed E-state index contributed by atoms with van der Waals surface area (Å²) in [5.74, 6) is 0.210. The third kappa shape index (κ3) is 6.34. The number of hydrogen-bond acceptors (Lipinski definition) is 4. The van der Waals surface area contributed by atoms with Gasteiger partial charge in [0.2, 0.25) is 5.91 Å². The Morgan fingerprint density at radius 2 is 1.90 bits per heavy atom. The van der Waals surface area contributed by atoms with E-state index in [9.17, 15) is 9.59 Å². The molecule has 0 aromatic heterocycles. The molecular formula is C22H31ClN2O4. The molecule has 1 aliphatic carbocycles. The summed E-state index contributed by atoms with van der Waals surface area (Å²) in [7, 11) is 0. The van der Waals surface area contributed by atoms with E-state index < -0.39 is 17.7 Å². The number of alkyl carbamates (subject to hydrolysis) is 1. The quantitative estimate of drug-likeness (QED) is 0.751. The van der Waals surface area contributed by atoms with Gasteiger partial charge < -0.3 is 20.1 Å². The second kappa shape index (κ2) is 9.35. The summed E-state index contributed by atoms with van der Waals surface area (Å²) in [5.41, 5.74) is 0.623. The van der Waals surface area contributed by atoms with Crippen molar-refractivity contribution in [2.75, 3.05) is 13.2 Å². The fraction of sp³-hybridized carbons (Fsp3) is 0.636. The van der Waals surface area contributed by atoms with E-state index in [1.54, 1.807) is 20.8 Å². The van der Waals surface area contributed by atoms with Gasteiger partial charge in [0.25, 0.3) is 0 Å². The Morgan fingerprint density at radius 3 is 2.48 bits per heavy atom. The van der Waals surface area contributed by atoms with Crippen molar-refractivity contribution in [1.29, 1.82) is 0 Å². The van der Waals surface area contributed by atoms with Crippen LogP contribution in [-0.2, 0) is 14.3 Å². The molecular weight excluding hydrogens is 392 g/mol. The molecule has 1 saturated heterocycles. The Hall–Kier alpha value is -1.79. The van der Waals surface area contributed by atoms with Crippen molar-refractivity contribution in [1.82, 2.24) is 10.6 Å². The van der Waals surface area contributed by atoms with E-state index in [1.807, 2.05) is 24.3 Å². The minimum Gasteiger partial charge on any atom is -0.444 e. The number of hydrogen-bond donors (Lipinski definition) is 2. The number of carbonyl (C=O) groups is 2. The molecule has 7 heteroatoms. The Balaban J connectivity index is 1.56. The lowest BCUT2D eigenvalue weighted by atomic mass is 9.75. The first kappa shape index (κ1) is 21.9. The van der Waals surface area contributed by atoms with E-state index in [-0.39, 0.29) is 17.9 Å². The molecule has 160 valence electrons. The lowest BCUT2D eigenvalue weighted by molar-refractivity contribution is -0.127. The van der Waals surface area contributed by atoms with Crippen LogP contribution in [0.4, 0.5) is 4.79 Å². The van der Waals surface area contributed by atoms with Gasteiger partial charge in [-0.15, -0.1) is 0 Å². The highest BCUT2D eigenvalue weighted by Crippen LogP contribution is 2.37. The van der Waals surface area contributed by atoms with Crippen molar-refractivity contribution >= 4 is 23.6 Å². The van der Waals surface area contributed by atoms with Gasteiger partial charge in [-0.05, 0) is 70.1 Å². The summed E-state index contributed by atoms with van der Waals surface area (Å²) < 4.78 is 10.9. The van der Waals surface area contributed by atoms with Gasteiger partial charge in [-0.25, -0.2) is 4.79 Å². The third-order valence-corrected chi connectivity index (χ3v) is 5.70. The molecule has 29 heavy (non-hydrogen) atoms. The van der Waals surface area contributed by atoms with Gasteiger partial charge in [0.05, 0.1) is 6.61 Å². The molecule has 1 aliphatic heterocycles. The molecule has 2 aliphatic rings. The number of amides is 2. The molecule has 0 bridgehead atoms. The van der Waals surface area contributed by atoms with E-state index >= 15 is 0 Å². The second-order valence-electron chi connectivity index (χ2n) is 9.03. The van der Waals surface area contributed by atoms with Crippen LogP contribution in [0.2, 0.25) is 5.02 Å². The maximum Gasteiger partial charge on any atom is 0.408 e. The van der Waals surface area contributed by atoms with Crippen molar-refractivity contribution in [3.05, 3.63) is 34.9 Å². The summed E-state index contributed by atoms with van der Waals surface area (Å²) in [6.45, 7) is 6.57. The SMILES string of the molecule is CC(C)(C)OC(=O)NC(C(=O)NC1CC(c2ccc(Cl)cc2)C1)C1CCCOC1. The van der Waals surface area contributed by atoms with Gasteiger partial charge in [-0.1, -0.05) is 23.7 Å². The molecule has 2 amide bonds. The Morgan fingerprint density at radius 1 is 1.21 bits per heavy atom. The molecule has 0 spiro atoms. The van der Waals surface area contributed by atoms with Gasteiger partial charge in [-0.3, -0.25) is 4.79 Å². The molecule has 2 atom stereocenters. The molecule has 1 aromatic rings. The number of ether oxygens (including phenoxy) is 2. The minimum atomic E-state index is -0.653. The highest BCUT2D eigenvalue weighted by Gasteiger charge is 2.37. The smallest absolute Gasteiger partial charge is 0.408 e. The summed E-state index contributed by atoms with van der Waals surface area (Å²) >= 11 is 5.95. The molecule has 6 nitrogen and oxygen atoms in total. The van der Waals surface area contributed by atoms with Gasteiger partial charge >= 0.3 is 6.09 Å². The van der Waals surface area contributed by atoms with Crippen LogP contribution in [0.15, 0.2) is 24.3 Å². The van der Waals surface area contributed by atoms with Crippen LogP contribution in [0.25, 0.3) is 0 Å². The van der Waals surface area contributed by atoms with E-state index in [0.29, 0.717) is 19.1 Å². The van der Waals surface area contributed by atoms with Crippen LogP contribution >= 0.6 is 11.6 Å². The zero-order chi connectivity index (χ0) is 21.0. The fourth-order valence-corrected chi connectivity index (χ4v) is 4.02. The normalized spacial score (nSPS) is 25.4. The van der Waals surface area contributed by atoms with Gasteiger partial charge in [0.15, 0.2) is 0 Å². The number of halogens is 1. The molecule has 1 aromatic carbocycles. The molecule has 2 N–H and O–H groups in total. The van der Waals surface area contributed by atoms with E-state index in [4.69, 9.17) is 21.1 Å². The van der Waals surface area contributed by atoms with Crippen molar-refractivity contribution in [3.63, 3.8) is 0 Å². The highest BCUT2D eigenvalue weighted by atomic mass is 35.5. The van der Waals surface area contributed by atoms with E-state index in [1.165, 1.54) is 5.56 Å². The van der Waals surface area contributed by atoms with Crippen LogP contribution in [-0.4, -0.2) is 42.9 Å². The van der Waals surface area contributed by atoms with Crippen LogP contribution in [0.5, 0.6) is 0 Å². The van der Waals surface area contributed by atoms with E-state index in [0.717, 1.165) is 30.7 Å². The standard InChI is InChI=1S/C22H31ClN2O4/c1-22(2,3)29-21(27)25-19(15-5-4-10-28-13-15)20(26)24-18-11-16(12-18)14-6-8-17(23)9-7-14/h6-9,15-16,18-19H,4-5,10-13H2,1-3H3,(H,24,26)(H,25,27). The van der Waals surface area contributed by atoms with Crippen LogP contribution in [0, 0.1) is 5.92 Å². The number of carbonyl (C=O) groups excluding carboxylic acids is 2. The van der Waals surface area contributed by atoms with Gasteiger partial charge in [0, 0.05) is 23.6 Å². The zero-order valence-corrected chi connectivity index (χ0v) is 18.1. The maximum absolute atomic E-state index is 13.0. The summed E-state index contributed by atoms with van der Waals surface area (Å²) in [4.78, 5) is 25.3. The average molecular weight is 423 g/mol. The fourth-order valence-electron chi connectivity index (χ4n) is 3.89. The number of nitrogens with one attached hydrogen (secondary N) is 2. The zero-order valence-electron chi connectivity index (χ0n) is 17.4. The first-order chi connectivity index (χ1) is 13.7. The van der Waals surface area contributed by atoms with Crippen molar-refractivity contribution < 1.29 is 19.1 Å². The molecule has 0 radical (unpaired) electrons. The second-order valence-corrected chi connectivity index (χ2v) is 9.46. The summed E-state index contributed by atoms with van der Waals surface area (Å²) in [5, 5.41) is 6.61. The summed E-state index contributed by atoms with van der Waals surface area (Å²) in [6.07, 6.45) is 2.91. The van der Waals surface area contributed by atoms with E-state index in [2.05, 4.69) is 10.6 Å². The summed E-state index contributed by atoms with van der Waals surface area (Å²) in [6, 6.07) is 7.32. The monoisotopic (exact) mass is 422 g/mol. The Labute approximate surface area is 177 Å². The number of rotatable bonds is 5. The predicted octanol–water partition coefficient (Wildman–Crippen LogP) is 4.02. The van der Waals surface area contributed by atoms with Crippen LogP contribution in [0.3, 0.4) is 0 Å². The van der Waals surface area contributed by atoms with Crippen molar-refractivity contribution in [3.8, 4) is 0 Å². The Bertz CT molecular complexity index is 705. The largest absolute Gasteiger partial charge is 0.444 e. The molecule has 1 saturated carbocycles. The van der Waals surface area contributed by atoms with Crippen molar-refractivity contribution in [2.24, 2.45) is 5.92 Å². The first-order valence-electron chi connectivity index (χ1n) is 10.3. The van der Waals surface area contributed by atoms with Gasteiger partial charge in [0.1, 0.15) is 11.6 Å². The van der Waals surface area contributed by atoms with Crippen molar-refractivity contribution in [2.45, 2.75) is 70.1 Å². The van der Waals surface area contributed by atoms with Crippen LogP contribution in [0.1, 0.15) is 57.9 Å². The minimum absolute atomic E-state index is 0.0524. The highest BCUT2D eigenvalue weighted by molar-refractivity contribution is 6.30. The van der Waals surface area contributed by atoms with Gasteiger partial charge in [-0.2, -0.15) is 0 Å². The molecule has 1 heterocycles. The lowest BCUT2D eigenvalue weighted by Gasteiger charge is -2.38. The molecule has 2 unspecified atom stereocenters. The lowest BCUT2D eigenvalue weighted by Crippen LogP contribution is -2.56. The molecule has 3 rings (SSSR count). The first-order valence-corrected chi connectivity index (χ1v) is 10.7. The number of benzene rings is 1. The Kier molecular flexibility index (Phi) is 7.06. The topological polar surface area (TPSA) is 76.7 Å². The maximum atomic E-state index is 13.0. The third-order valence-electron chi connectivity index (χ3n) is 5.45. The average Bonchev–Trinajstić information content (AvgIpc) is 2.62. The van der Waals surface area contributed by atoms with Crippen LogP contribution < -0.4 is 10.6 Å². The molecule has 2 fully saturated rings. The predicted molar refractivity (Wildman–Crippen MR) is 112 cm³/mol.